The van der Waals surface area contributed by atoms with Gasteiger partial charge in [0.1, 0.15) is 17.4 Å². The number of carbonyl (C=O) groups is 2. The molecular weight excluding hydrogens is 512 g/mol. The molecule has 0 unspecified atom stereocenters. The molecule has 1 aromatic heterocycles. The molecule has 1 amide bonds. The van der Waals surface area contributed by atoms with Crippen molar-refractivity contribution < 1.29 is 28.0 Å². The minimum Gasteiger partial charge on any atom is -0.480 e. The highest BCUT2D eigenvalue weighted by Crippen LogP contribution is 2.40. The van der Waals surface area contributed by atoms with E-state index in [9.17, 15) is 23.1 Å². The summed E-state index contributed by atoms with van der Waals surface area (Å²) in [5.41, 5.74) is 1.56. The Morgan fingerprint density at radius 3 is 2.50 bits per heavy atom. The fourth-order valence-corrected chi connectivity index (χ4v) is 6.88. The van der Waals surface area contributed by atoms with Crippen molar-refractivity contribution in [1.29, 1.82) is 0 Å². The first kappa shape index (κ1) is 27.6. The van der Waals surface area contributed by atoms with Crippen LogP contribution in [0.2, 0.25) is 0 Å². The molecule has 13 heteroatoms. The van der Waals surface area contributed by atoms with E-state index in [0.717, 1.165) is 43.7 Å². The van der Waals surface area contributed by atoms with Gasteiger partial charge in [-0.15, -0.1) is 0 Å². The van der Waals surface area contributed by atoms with Gasteiger partial charge < -0.3 is 25.6 Å². The Morgan fingerprint density at radius 1 is 1.21 bits per heavy atom. The molecule has 0 bridgehead atoms. The third-order valence-corrected chi connectivity index (χ3v) is 8.89. The van der Waals surface area contributed by atoms with Gasteiger partial charge in [-0.3, -0.25) is 9.59 Å². The molecule has 1 saturated carbocycles. The zero-order valence-corrected chi connectivity index (χ0v) is 22.5. The standard InChI is InChI=1S/C25H34N6O6S/c1-15-10-16(2)21(17(3)11-15)38(35,36)31-20(23(33)34)14-28-22(32)19-12-25(37-30-19)6-4-18(5-7-25)13-29-24-26-8-9-27-24/h8-11,18,20,31H,4-7,12-14H2,1-3H3,(H,28,32)(H,33,34)(H2,26,27,29)/t18?,20-,25?/m0/s1. The van der Waals surface area contributed by atoms with Crippen LogP contribution in [0, 0.1) is 26.7 Å². The summed E-state index contributed by atoms with van der Waals surface area (Å²) in [6.45, 7) is 5.51. The molecule has 1 aliphatic carbocycles. The lowest BCUT2D eigenvalue weighted by atomic mass is 9.76. The molecule has 1 fully saturated rings. The Kier molecular flexibility index (Phi) is 8.07. The number of amides is 1. The number of aryl methyl sites for hydroxylation is 3. The maximum atomic E-state index is 13.0. The normalized spacial score (nSPS) is 22.0. The second-order valence-corrected chi connectivity index (χ2v) is 11.9. The Morgan fingerprint density at radius 2 is 1.89 bits per heavy atom. The summed E-state index contributed by atoms with van der Waals surface area (Å²) in [6, 6.07) is 1.88. The number of H-pyrrole nitrogens is 1. The van der Waals surface area contributed by atoms with Gasteiger partial charge in [0.25, 0.3) is 5.91 Å². The van der Waals surface area contributed by atoms with E-state index in [-0.39, 0.29) is 10.6 Å². The van der Waals surface area contributed by atoms with Crippen LogP contribution in [0.1, 0.15) is 48.8 Å². The first-order valence-corrected chi connectivity index (χ1v) is 14.1. The van der Waals surface area contributed by atoms with E-state index in [4.69, 9.17) is 4.84 Å². The molecule has 38 heavy (non-hydrogen) atoms. The number of benzene rings is 1. The number of imidazole rings is 1. The van der Waals surface area contributed by atoms with Gasteiger partial charge in [-0.25, -0.2) is 13.4 Å². The molecule has 1 spiro atoms. The molecule has 5 N–H and O–H groups in total. The first-order valence-electron chi connectivity index (χ1n) is 12.6. The van der Waals surface area contributed by atoms with Crippen molar-refractivity contribution in [2.45, 2.75) is 69.4 Å². The van der Waals surface area contributed by atoms with E-state index >= 15 is 0 Å². The van der Waals surface area contributed by atoms with Gasteiger partial charge >= 0.3 is 5.97 Å². The highest BCUT2D eigenvalue weighted by Gasteiger charge is 2.44. The lowest BCUT2D eigenvalue weighted by Gasteiger charge is -2.34. The average Bonchev–Trinajstić information content (AvgIpc) is 3.51. The average molecular weight is 547 g/mol. The van der Waals surface area contributed by atoms with Crippen molar-refractivity contribution in [2.75, 3.05) is 18.4 Å². The number of sulfonamides is 1. The van der Waals surface area contributed by atoms with Crippen LogP contribution in [0.3, 0.4) is 0 Å². The summed E-state index contributed by atoms with van der Waals surface area (Å²) in [6.07, 6.45) is 7.05. The summed E-state index contributed by atoms with van der Waals surface area (Å²) < 4.78 is 28.2. The smallest absolute Gasteiger partial charge is 0.323 e. The minimum absolute atomic E-state index is 0.0335. The number of hydrogen-bond acceptors (Lipinski definition) is 8. The number of nitrogens with zero attached hydrogens (tertiary/aromatic N) is 2. The fraction of sp³-hybridized carbons (Fsp3) is 0.520. The summed E-state index contributed by atoms with van der Waals surface area (Å²) in [4.78, 5) is 37.5. The van der Waals surface area contributed by atoms with Crippen molar-refractivity contribution >= 4 is 33.6 Å². The number of nitrogens with one attached hydrogen (secondary N) is 4. The van der Waals surface area contributed by atoms with Gasteiger partial charge in [-0.05, 0) is 63.5 Å². The molecule has 0 radical (unpaired) electrons. The number of carboxylic acids is 1. The maximum absolute atomic E-state index is 13.0. The quantitative estimate of drug-likeness (QED) is 0.301. The summed E-state index contributed by atoms with van der Waals surface area (Å²) in [7, 11) is -4.14. The highest BCUT2D eigenvalue weighted by molar-refractivity contribution is 7.89. The number of carboxylic acid groups (broad SMARTS) is 1. The van der Waals surface area contributed by atoms with Gasteiger partial charge in [-0.1, -0.05) is 22.9 Å². The zero-order valence-electron chi connectivity index (χ0n) is 21.7. The minimum atomic E-state index is -4.14. The SMILES string of the molecule is Cc1cc(C)c(S(=O)(=O)N[C@@H](CNC(=O)C2=NOC3(CCC(CNc4ncc[nH]4)CC3)C2)C(=O)O)c(C)c1. The number of rotatable bonds is 10. The zero-order chi connectivity index (χ0) is 27.5. The van der Waals surface area contributed by atoms with Crippen LogP contribution < -0.4 is 15.4 Å². The number of anilines is 1. The van der Waals surface area contributed by atoms with E-state index in [2.05, 4.69) is 30.5 Å². The van der Waals surface area contributed by atoms with Crippen molar-refractivity contribution in [2.24, 2.45) is 11.1 Å². The van der Waals surface area contributed by atoms with E-state index in [0.29, 0.717) is 23.5 Å². The Labute approximate surface area is 221 Å². The summed E-state index contributed by atoms with van der Waals surface area (Å²) in [5.74, 6) is -0.802. The lowest BCUT2D eigenvalue weighted by molar-refractivity contribution is -0.138. The fourth-order valence-electron chi connectivity index (χ4n) is 5.24. The van der Waals surface area contributed by atoms with Crippen LogP contribution in [0.15, 0.2) is 34.6 Å². The van der Waals surface area contributed by atoms with Gasteiger partial charge in [-0.2, -0.15) is 4.72 Å². The van der Waals surface area contributed by atoms with E-state index in [1.807, 2.05) is 6.92 Å². The van der Waals surface area contributed by atoms with Crippen LogP contribution in [0.4, 0.5) is 5.95 Å². The van der Waals surface area contributed by atoms with Crippen LogP contribution in [-0.4, -0.2) is 65.8 Å². The van der Waals surface area contributed by atoms with Gasteiger partial charge in [0.15, 0.2) is 5.95 Å². The van der Waals surface area contributed by atoms with E-state index in [1.165, 1.54) is 0 Å². The maximum Gasteiger partial charge on any atom is 0.323 e. The van der Waals surface area contributed by atoms with Gasteiger partial charge in [0.2, 0.25) is 10.0 Å². The molecule has 206 valence electrons. The molecule has 4 rings (SSSR count). The molecule has 2 heterocycles. The number of aliphatic carboxylic acids is 1. The number of aromatic amines is 1. The van der Waals surface area contributed by atoms with Crippen LogP contribution in [-0.2, 0) is 24.4 Å². The Balaban J connectivity index is 1.29. The molecule has 12 nitrogen and oxygen atoms in total. The van der Waals surface area contributed by atoms with E-state index in [1.54, 1.807) is 38.4 Å². The van der Waals surface area contributed by atoms with Crippen molar-refractivity contribution in [3.05, 3.63) is 41.2 Å². The molecule has 1 aromatic carbocycles. The van der Waals surface area contributed by atoms with E-state index < -0.39 is 40.1 Å². The monoisotopic (exact) mass is 546 g/mol. The Hall–Kier alpha value is -3.45. The Bertz CT molecular complexity index is 1290. The second-order valence-electron chi connectivity index (χ2n) is 10.2. The second kappa shape index (κ2) is 11.1. The topological polar surface area (TPSA) is 175 Å². The van der Waals surface area contributed by atoms with Crippen LogP contribution in [0.5, 0.6) is 0 Å². The molecule has 2 aliphatic rings. The third-order valence-electron chi connectivity index (χ3n) is 7.11. The number of aromatic nitrogens is 2. The molecule has 2 aromatic rings. The predicted molar refractivity (Wildman–Crippen MR) is 140 cm³/mol. The summed E-state index contributed by atoms with van der Waals surface area (Å²) >= 11 is 0. The highest BCUT2D eigenvalue weighted by atomic mass is 32.2. The molecule has 1 atom stereocenters. The first-order chi connectivity index (χ1) is 18.0. The van der Waals surface area contributed by atoms with Crippen molar-refractivity contribution in [3.63, 3.8) is 0 Å². The molecule has 1 aliphatic heterocycles. The van der Waals surface area contributed by atoms with Crippen LogP contribution >= 0.6 is 0 Å². The molecular formula is C25H34N6O6S. The number of hydrogen-bond donors (Lipinski definition) is 5. The number of oxime groups is 1. The molecule has 0 saturated heterocycles. The van der Waals surface area contributed by atoms with Crippen LogP contribution in [0.25, 0.3) is 0 Å². The lowest BCUT2D eigenvalue weighted by Crippen LogP contribution is -2.49. The summed E-state index contributed by atoms with van der Waals surface area (Å²) in [5, 5.41) is 19.4. The predicted octanol–water partition coefficient (Wildman–Crippen LogP) is 2.00. The van der Waals surface area contributed by atoms with Gasteiger partial charge in [0.05, 0.1) is 4.90 Å². The van der Waals surface area contributed by atoms with Crippen molar-refractivity contribution in [1.82, 2.24) is 20.0 Å². The van der Waals surface area contributed by atoms with Gasteiger partial charge in [0, 0.05) is 31.9 Å². The third kappa shape index (κ3) is 6.33. The van der Waals surface area contributed by atoms with Crippen molar-refractivity contribution in [3.8, 4) is 0 Å². The largest absolute Gasteiger partial charge is 0.480 e. The number of carbonyl (C=O) groups excluding carboxylic acids is 1.